The number of hydrogen-bond acceptors (Lipinski definition) is 5. The topological polar surface area (TPSA) is 65.0 Å². The Bertz CT molecular complexity index is 5500. The summed E-state index contributed by atoms with van der Waals surface area (Å²) in [5.41, 5.74) is 26.9. The minimum absolute atomic E-state index is 0.845. The van der Waals surface area contributed by atoms with Crippen LogP contribution in [0.5, 0.6) is 0 Å². The van der Waals surface area contributed by atoms with Gasteiger partial charge in [-0.05, 0) is 156 Å². The number of rotatable bonds is 11. The van der Waals surface area contributed by atoms with Crippen molar-refractivity contribution in [2.45, 2.75) is 0 Å². The van der Waals surface area contributed by atoms with Gasteiger partial charge in [0, 0.05) is 67.3 Å². The van der Waals surface area contributed by atoms with E-state index in [9.17, 15) is 0 Å². The fraction of sp³-hybridized carbons (Fsp3) is 0. The van der Waals surface area contributed by atoms with Gasteiger partial charge < -0.3 is 8.83 Å². The summed E-state index contributed by atoms with van der Waals surface area (Å²) in [5, 5.41) is 6.85. The van der Waals surface area contributed by atoms with Gasteiger partial charge in [0.25, 0.3) is 0 Å². The molecule has 0 amide bonds. The molecule has 0 spiro atoms. The first-order chi connectivity index (χ1) is 44.5. The van der Waals surface area contributed by atoms with Gasteiger partial charge in [-0.2, -0.15) is 0 Å². The van der Waals surface area contributed by atoms with Crippen LogP contribution in [0.25, 0.3) is 178 Å². The second-order valence-corrected chi connectivity index (χ2v) is 23.1. The van der Waals surface area contributed by atoms with Crippen molar-refractivity contribution in [2.75, 3.05) is 0 Å². The molecule has 0 fully saturated rings. The maximum atomic E-state index is 6.58. The van der Waals surface area contributed by atoms with Crippen molar-refractivity contribution in [1.82, 2.24) is 15.0 Å². The summed E-state index contributed by atoms with van der Waals surface area (Å²) in [5.74, 6) is 0. The van der Waals surface area contributed by atoms with Crippen LogP contribution in [0, 0.1) is 0 Å². The fourth-order valence-electron chi connectivity index (χ4n) is 12.9. The number of nitrogens with zero attached hydrogens (tertiary/aromatic N) is 3. The Morgan fingerprint density at radius 2 is 0.556 bits per heavy atom. The average molecular weight is 1150 g/mol. The zero-order valence-electron chi connectivity index (χ0n) is 48.8. The summed E-state index contributed by atoms with van der Waals surface area (Å²) in [6, 6.07) is 110. The molecule has 5 aromatic heterocycles. The van der Waals surface area contributed by atoms with Crippen LogP contribution in [0.15, 0.2) is 331 Å². The van der Waals surface area contributed by atoms with Gasteiger partial charge in [0.15, 0.2) is 0 Å². The molecule has 17 rings (SSSR count). The maximum Gasteiger partial charge on any atom is 0.136 e. The Hall–Kier alpha value is -12.1. The first-order valence-corrected chi connectivity index (χ1v) is 30.4. The molecule has 0 aliphatic heterocycles. The molecular weight excluding hydrogens is 1090 g/mol. The largest absolute Gasteiger partial charge is 0.456 e. The van der Waals surface area contributed by atoms with Gasteiger partial charge in [0.1, 0.15) is 22.3 Å². The second kappa shape index (κ2) is 22.0. The second-order valence-electron chi connectivity index (χ2n) is 23.1. The van der Waals surface area contributed by atoms with Gasteiger partial charge in [-0.15, -0.1) is 0 Å². The molecule has 0 aliphatic carbocycles. The molecule has 0 aliphatic rings. The van der Waals surface area contributed by atoms with Gasteiger partial charge in [-0.3, -0.25) is 4.98 Å². The first-order valence-electron chi connectivity index (χ1n) is 30.4. The minimum Gasteiger partial charge on any atom is -0.456 e. The van der Waals surface area contributed by atoms with Crippen molar-refractivity contribution in [1.29, 1.82) is 0 Å². The smallest absolute Gasteiger partial charge is 0.136 e. The number of furan rings is 2. The quantitative estimate of drug-likeness (QED) is 0.129. The SMILES string of the molecule is c1ccc(-c2cc(-c3ccc(-c4cncc(-c5ccc6oc7cc(-c8cccc(-c9ccc(-c%10cc(-c%11ccc(-c%12ccc%13c(c%12)oc%12ccc%14ccccc%14c%12%13)cc%11)cc(-c%11ccccc%11)n%10)cc9)c8)ccc7c6c5)c4)cc3)cc(-c3ccccc3)n2)cc1. The van der Waals surface area contributed by atoms with Gasteiger partial charge in [-0.1, -0.05) is 231 Å². The van der Waals surface area contributed by atoms with Crippen LogP contribution >= 0.6 is 0 Å². The molecule has 0 saturated heterocycles. The van der Waals surface area contributed by atoms with Crippen molar-refractivity contribution in [3.63, 3.8) is 0 Å². The summed E-state index contributed by atoms with van der Waals surface area (Å²) in [4.78, 5) is 15.1. The van der Waals surface area contributed by atoms with Crippen LogP contribution in [-0.4, -0.2) is 15.0 Å². The van der Waals surface area contributed by atoms with E-state index < -0.39 is 0 Å². The lowest BCUT2D eigenvalue weighted by Crippen LogP contribution is -1.91. The van der Waals surface area contributed by atoms with Crippen molar-refractivity contribution < 1.29 is 8.83 Å². The Morgan fingerprint density at radius 3 is 1.13 bits per heavy atom. The Labute approximate surface area is 520 Å². The summed E-state index contributed by atoms with van der Waals surface area (Å²) < 4.78 is 13.0. The molecule has 90 heavy (non-hydrogen) atoms. The molecule has 0 unspecified atom stereocenters. The zero-order valence-corrected chi connectivity index (χ0v) is 48.8. The third-order valence-corrected chi connectivity index (χ3v) is 17.6. The standard InChI is InChI=1S/C85H53N3O2/c1-4-14-60(15-5-1)77-46-69(47-78(87-77)61-16-6-2-7-17-61)57-27-29-58(30-28-57)71-44-72(53-86-52-71)66-38-41-81-76(45-66)74-39-35-68(51-83(74)89-81)65-21-12-20-64(43-65)54-31-33-63(34-32-54)80-49-70(48-79(88-80)62-18-8-3-9-19-62)56-25-23-55(24-26-56)67-36-40-75-84(50-67)90-82-42-37-59-13-10-11-22-73(59)85(75)82/h1-53H. The molecule has 0 saturated carbocycles. The Morgan fingerprint density at radius 1 is 0.189 bits per heavy atom. The lowest BCUT2D eigenvalue weighted by Gasteiger charge is -2.12. The van der Waals surface area contributed by atoms with E-state index in [1.165, 1.54) is 10.8 Å². The lowest BCUT2D eigenvalue weighted by atomic mass is 9.95. The van der Waals surface area contributed by atoms with E-state index in [0.29, 0.717) is 0 Å². The fourth-order valence-corrected chi connectivity index (χ4v) is 12.9. The molecule has 5 nitrogen and oxygen atoms in total. The molecule has 0 N–H and O–H groups in total. The molecule has 420 valence electrons. The van der Waals surface area contributed by atoms with E-state index in [2.05, 4.69) is 291 Å². The highest BCUT2D eigenvalue weighted by atomic mass is 16.3. The van der Waals surface area contributed by atoms with E-state index in [0.717, 1.165) is 167 Å². The predicted molar refractivity (Wildman–Crippen MR) is 372 cm³/mol. The van der Waals surface area contributed by atoms with Gasteiger partial charge in [-0.25, -0.2) is 9.97 Å². The van der Waals surface area contributed by atoms with Crippen molar-refractivity contribution in [3.05, 3.63) is 322 Å². The summed E-state index contributed by atoms with van der Waals surface area (Å²) in [6.07, 6.45) is 3.88. The molecule has 0 atom stereocenters. The highest BCUT2D eigenvalue weighted by Gasteiger charge is 2.17. The first kappa shape index (κ1) is 52.3. The third-order valence-electron chi connectivity index (χ3n) is 17.6. The highest BCUT2D eigenvalue weighted by Crippen LogP contribution is 2.41. The monoisotopic (exact) mass is 1150 g/mol. The van der Waals surface area contributed by atoms with E-state index in [4.69, 9.17) is 23.8 Å². The van der Waals surface area contributed by atoms with Crippen LogP contribution < -0.4 is 0 Å². The number of benzene rings is 12. The number of hydrogen-bond donors (Lipinski definition) is 0. The van der Waals surface area contributed by atoms with Crippen LogP contribution in [-0.2, 0) is 0 Å². The van der Waals surface area contributed by atoms with Crippen molar-refractivity contribution in [2.24, 2.45) is 0 Å². The number of fused-ring (bicyclic) bond motifs is 8. The van der Waals surface area contributed by atoms with Crippen LogP contribution in [0.4, 0.5) is 0 Å². The summed E-state index contributed by atoms with van der Waals surface area (Å²) >= 11 is 0. The summed E-state index contributed by atoms with van der Waals surface area (Å²) in [6.45, 7) is 0. The van der Waals surface area contributed by atoms with E-state index in [-0.39, 0.29) is 0 Å². The summed E-state index contributed by atoms with van der Waals surface area (Å²) in [7, 11) is 0. The zero-order chi connectivity index (χ0) is 59.5. The van der Waals surface area contributed by atoms with Gasteiger partial charge in [0.05, 0.1) is 22.8 Å². The Balaban J connectivity index is 0.618. The highest BCUT2D eigenvalue weighted by molar-refractivity contribution is 6.19. The number of aromatic nitrogens is 3. The van der Waals surface area contributed by atoms with Crippen LogP contribution in [0.1, 0.15) is 0 Å². The van der Waals surface area contributed by atoms with Crippen LogP contribution in [0.3, 0.4) is 0 Å². The maximum absolute atomic E-state index is 6.58. The normalized spacial score (nSPS) is 11.6. The molecule has 0 radical (unpaired) electrons. The molecule has 5 heteroatoms. The van der Waals surface area contributed by atoms with E-state index in [1.807, 2.05) is 30.6 Å². The van der Waals surface area contributed by atoms with E-state index in [1.54, 1.807) is 0 Å². The predicted octanol–water partition coefficient (Wildman–Crippen LogP) is 23.2. The van der Waals surface area contributed by atoms with Gasteiger partial charge in [0.2, 0.25) is 0 Å². The van der Waals surface area contributed by atoms with Crippen molar-refractivity contribution >= 4 is 54.6 Å². The van der Waals surface area contributed by atoms with Gasteiger partial charge >= 0.3 is 0 Å². The number of pyridine rings is 3. The lowest BCUT2D eigenvalue weighted by molar-refractivity contribution is 0.669. The average Bonchev–Trinajstić information content (AvgIpc) is 2.48. The van der Waals surface area contributed by atoms with Crippen molar-refractivity contribution in [3.8, 4) is 123 Å². The van der Waals surface area contributed by atoms with Crippen LogP contribution in [0.2, 0.25) is 0 Å². The minimum atomic E-state index is 0.845. The molecular formula is C85H53N3O2. The Kier molecular flexibility index (Phi) is 12.8. The molecule has 17 aromatic rings. The third kappa shape index (κ3) is 9.77. The molecule has 12 aromatic carbocycles. The molecule has 5 heterocycles. The molecule has 0 bridgehead atoms. The van der Waals surface area contributed by atoms with E-state index >= 15 is 0 Å².